The van der Waals surface area contributed by atoms with Crippen LogP contribution in [0.4, 0.5) is 0 Å². The Hall–Kier alpha value is -3.27. The number of hydrogen-bond donors (Lipinski definition) is 6. The molecule has 10 atom stereocenters. The fourth-order valence-corrected chi connectivity index (χ4v) is 4.91. The summed E-state index contributed by atoms with van der Waals surface area (Å²) in [5.74, 6) is -0.0887. The molecule has 0 radical (unpaired) electrons. The first-order chi connectivity index (χ1) is 19.5. The smallest absolute Gasteiger partial charge is 0.229 e. The van der Waals surface area contributed by atoms with Crippen LogP contribution in [0.1, 0.15) is 13.8 Å². The van der Waals surface area contributed by atoms with Gasteiger partial charge in [-0.2, -0.15) is 0 Å². The molecule has 13 nitrogen and oxygen atoms in total. The van der Waals surface area contributed by atoms with E-state index in [0.29, 0.717) is 5.56 Å². The van der Waals surface area contributed by atoms with Gasteiger partial charge in [0, 0.05) is 19.2 Å². The zero-order valence-electron chi connectivity index (χ0n) is 22.4. The molecule has 222 valence electrons. The Bertz CT molecular complexity index is 1420. The number of ether oxygens (including phenoxy) is 5. The molecule has 0 bridgehead atoms. The summed E-state index contributed by atoms with van der Waals surface area (Å²) in [4.78, 5) is 13.7. The van der Waals surface area contributed by atoms with Gasteiger partial charge in [-0.25, -0.2) is 0 Å². The predicted octanol–water partition coefficient (Wildman–Crippen LogP) is 0.232. The average Bonchev–Trinajstić information content (AvgIpc) is 2.94. The lowest BCUT2D eigenvalue weighted by molar-refractivity contribution is -0.274. The lowest BCUT2D eigenvalue weighted by Crippen LogP contribution is -2.59. The molecular formula is C28H32O13. The van der Waals surface area contributed by atoms with Crippen LogP contribution in [0.2, 0.25) is 0 Å². The highest BCUT2D eigenvalue weighted by molar-refractivity contribution is 5.88. The molecule has 0 amide bonds. The van der Waals surface area contributed by atoms with Gasteiger partial charge in [0.15, 0.2) is 0 Å². The van der Waals surface area contributed by atoms with Crippen molar-refractivity contribution in [1.82, 2.24) is 0 Å². The lowest BCUT2D eigenvalue weighted by atomic mass is 10.00. The van der Waals surface area contributed by atoms with E-state index in [2.05, 4.69) is 0 Å². The van der Waals surface area contributed by atoms with Crippen LogP contribution in [0.15, 0.2) is 51.9 Å². The van der Waals surface area contributed by atoms with Crippen molar-refractivity contribution in [1.29, 1.82) is 0 Å². The second-order valence-corrected chi connectivity index (χ2v) is 10.1. The Labute approximate surface area is 233 Å². The Morgan fingerprint density at radius 2 is 1.41 bits per heavy atom. The van der Waals surface area contributed by atoms with E-state index < -0.39 is 66.8 Å². The van der Waals surface area contributed by atoms with Gasteiger partial charge in [0.1, 0.15) is 71.1 Å². The van der Waals surface area contributed by atoms with Gasteiger partial charge in [-0.15, -0.1) is 0 Å². The van der Waals surface area contributed by atoms with E-state index in [1.54, 1.807) is 6.92 Å². The van der Waals surface area contributed by atoms with Crippen LogP contribution in [0.25, 0.3) is 22.1 Å². The third-order valence-corrected chi connectivity index (χ3v) is 7.35. The first-order valence-corrected chi connectivity index (χ1v) is 13.0. The van der Waals surface area contributed by atoms with Crippen molar-refractivity contribution in [2.45, 2.75) is 75.3 Å². The third-order valence-electron chi connectivity index (χ3n) is 7.35. The maximum atomic E-state index is 13.7. The molecule has 13 heteroatoms. The fourth-order valence-electron chi connectivity index (χ4n) is 4.91. The molecule has 3 heterocycles. The second kappa shape index (κ2) is 11.5. The van der Waals surface area contributed by atoms with Gasteiger partial charge in [-0.3, -0.25) is 4.79 Å². The molecule has 3 aromatic rings. The maximum absolute atomic E-state index is 13.7. The van der Waals surface area contributed by atoms with Gasteiger partial charge in [-0.1, -0.05) is 12.1 Å². The molecule has 0 spiro atoms. The zero-order valence-corrected chi connectivity index (χ0v) is 22.4. The Morgan fingerprint density at radius 3 is 2.07 bits per heavy atom. The van der Waals surface area contributed by atoms with Crippen molar-refractivity contribution < 1.29 is 58.7 Å². The summed E-state index contributed by atoms with van der Waals surface area (Å²) in [5, 5.41) is 61.2. The number of fused-ring (bicyclic) bond motifs is 1. The van der Waals surface area contributed by atoms with Crippen molar-refractivity contribution in [3.8, 4) is 28.4 Å². The monoisotopic (exact) mass is 576 g/mol. The summed E-state index contributed by atoms with van der Waals surface area (Å²) in [6.07, 6.45) is -11.4. The first kappa shape index (κ1) is 29.2. The first-order valence-electron chi connectivity index (χ1n) is 13.0. The average molecular weight is 577 g/mol. The number of phenolic OH excluding ortho intramolecular Hbond substituents is 1. The van der Waals surface area contributed by atoms with Gasteiger partial charge >= 0.3 is 0 Å². The number of aliphatic hydroxyl groups excluding tert-OH is 5. The van der Waals surface area contributed by atoms with Crippen LogP contribution in [-0.2, 0) is 14.2 Å². The molecule has 2 fully saturated rings. The molecule has 2 aromatic carbocycles. The van der Waals surface area contributed by atoms with Gasteiger partial charge in [0.05, 0.1) is 17.8 Å². The van der Waals surface area contributed by atoms with Crippen molar-refractivity contribution in [3.05, 3.63) is 52.9 Å². The molecular weight excluding hydrogens is 544 g/mol. The Balaban J connectivity index is 1.59. The van der Waals surface area contributed by atoms with E-state index in [4.69, 9.17) is 28.1 Å². The van der Waals surface area contributed by atoms with Gasteiger partial charge in [0.25, 0.3) is 0 Å². The molecule has 6 N–H and O–H groups in total. The lowest BCUT2D eigenvalue weighted by Gasteiger charge is -2.40. The molecule has 1 aromatic heterocycles. The highest BCUT2D eigenvalue weighted by atomic mass is 16.7. The van der Waals surface area contributed by atoms with Crippen molar-refractivity contribution in [2.75, 3.05) is 7.11 Å². The van der Waals surface area contributed by atoms with Crippen LogP contribution in [0.3, 0.4) is 0 Å². The minimum absolute atomic E-state index is 0.00860. The quantitative estimate of drug-likeness (QED) is 0.233. The Kier molecular flexibility index (Phi) is 8.23. The summed E-state index contributed by atoms with van der Waals surface area (Å²) < 4.78 is 34.3. The van der Waals surface area contributed by atoms with Gasteiger partial charge < -0.3 is 58.7 Å². The number of phenols is 1. The van der Waals surface area contributed by atoms with Crippen LogP contribution < -0.4 is 14.9 Å². The van der Waals surface area contributed by atoms with Crippen LogP contribution >= 0.6 is 0 Å². The number of rotatable bonds is 6. The van der Waals surface area contributed by atoms with E-state index in [0.717, 1.165) is 0 Å². The molecule has 0 saturated carbocycles. The van der Waals surface area contributed by atoms with E-state index in [1.807, 2.05) is 0 Å². The highest BCUT2D eigenvalue weighted by Gasteiger charge is 2.45. The molecule has 2 aliphatic heterocycles. The van der Waals surface area contributed by atoms with Crippen LogP contribution in [0.5, 0.6) is 17.2 Å². The predicted molar refractivity (Wildman–Crippen MR) is 140 cm³/mol. The summed E-state index contributed by atoms with van der Waals surface area (Å²) >= 11 is 0. The minimum Gasteiger partial charge on any atom is -0.508 e. The van der Waals surface area contributed by atoms with E-state index in [-0.39, 0.29) is 33.8 Å². The third kappa shape index (κ3) is 5.50. The molecule has 5 rings (SSSR count). The molecule has 41 heavy (non-hydrogen) atoms. The SMILES string of the molecule is COC1C(Oc2cc(OC3OC(C)C(O)C(O)C3O)c3c(=O)c(-c4ccc(O)cc4)coc3c2)OC(C)C(O)C1O. The van der Waals surface area contributed by atoms with Crippen LogP contribution in [-0.4, -0.2) is 99.2 Å². The summed E-state index contributed by atoms with van der Waals surface area (Å²) in [6, 6.07) is 8.60. The molecule has 0 aliphatic carbocycles. The normalized spacial score (nSPS) is 34.0. The topological polar surface area (TPSA) is 198 Å². The van der Waals surface area contributed by atoms with Crippen LogP contribution in [0, 0.1) is 0 Å². The number of aliphatic hydroxyl groups is 5. The number of hydrogen-bond acceptors (Lipinski definition) is 13. The maximum Gasteiger partial charge on any atom is 0.229 e. The summed E-state index contributed by atoms with van der Waals surface area (Å²) in [6.45, 7) is 3.04. The van der Waals surface area contributed by atoms with Crippen molar-refractivity contribution in [3.63, 3.8) is 0 Å². The van der Waals surface area contributed by atoms with E-state index in [1.165, 1.54) is 56.7 Å². The van der Waals surface area contributed by atoms with E-state index >= 15 is 0 Å². The van der Waals surface area contributed by atoms with Crippen molar-refractivity contribution >= 4 is 11.0 Å². The second-order valence-electron chi connectivity index (χ2n) is 10.1. The van der Waals surface area contributed by atoms with Gasteiger partial charge in [-0.05, 0) is 31.5 Å². The van der Waals surface area contributed by atoms with E-state index in [9.17, 15) is 35.4 Å². The fraction of sp³-hybridized carbons (Fsp3) is 0.464. The highest BCUT2D eigenvalue weighted by Crippen LogP contribution is 2.36. The summed E-state index contributed by atoms with van der Waals surface area (Å²) in [7, 11) is 1.32. The van der Waals surface area contributed by atoms with Crippen molar-refractivity contribution in [2.24, 2.45) is 0 Å². The zero-order chi connectivity index (χ0) is 29.6. The summed E-state index contributed by atoms with van der Waals surface area (Å²) in [5.41, 5.74) is 0.0903. The minimum atomic E-state index is -1.68. The Morgan fingerprint density at radius 1 is 0.780 bits per heavy atom. The molecule has 2 aliphatic rings. The number of aromatic hydroxyl groups is 1. The molecule has 2 saturated heterocycles. The number of methoxy groups -OCH3 is 1. The molecule has 10 unspecified atom stereocenters. The standard InChI is InChI=1S/C28H32O13/c1-11-20(30)23(33)25(35)27(38-11)41-18-9-15(40-28-26(36-3)24(34)21(31)12(2)39-28)8-17-19(18)22(32)16(10-37-17)13-4-6-14(29)7-5-13/h4-12,20-21,23-31,33-35H,1-3H3. The number of benzene rings is 2. The largest absolute Gasteiger partial charge is 0.508 e. The van der Waals surface area contributed by atoms with Gasteiger partial charge in [0.2, 0.25) is 18.0 Å².